The molecule has 2 heterocycles. The molecule has 0 aliphatic carbocycles. The Bertz CT molecular complexity index is 1100. The van der Waals surface area contributed by atoms with Gasteiger partial charge in [-0.2, -0.15) is 0 Å². The topological polar surface area (TPSA) is 69.6 Å². The number of halogens is 2. The fourth-order valence-corrected chi connectivity index (χ4v) is 3.10. The van der Waals surface area contributed by atoms with Crippen LogP contribution < -0.4 is 5.73 Å². The Morgan fingerprint density at radius 2 is 1.64 bits per heavy atom. The highest BCUT2D eigenvalue weighted by molar-refractivity contribution is 5.67. The van der Waals surface area contributed by atoms with Gasteiger partial charge in [0.2, 0.25) is 5.95 Å². The lowest BCUT2D eigenvalue weighted by molar-refractivity contribution is 0.610. The van der Waals surface area contributed by atoms with Crippen LogP contribution in [0.1, 0.15) is 18.5 Å². The third-order valence-electron chi connectivity index (χ3n) is 4.65. The van der Waals surface area contributed by atoms with Crippen LogP contribution in [0.25, 0.3) is 22.5 Å². The number of aromatic nitrogens is 4. The van der Waals surface area contributed by atoms with E-state index < -0.39 is 5.82 Å². The average molecular weight is 377 g/mol. The zero-order chi connectivity index (χ0) is 19.7. The second-order valence-corrected chi connectivity index (χ2v) is 6.41. The van der Waals surface area contributed by atoms with Gasteiger partial charge in [0.1, 0.15) is 17.5 Å². The van der Waals surface area contributed by atoms with E-state index in [0.29, 0.717) is 22.5 Å². The van der Waals surface area contributed by atoms with E-state index in [9.17, 15) is 8.78 Å². The lowest BCUT2D eigenvalue weighted by atomic mass is 10.0. The van der Waals surface area contributed by atoms with E-state index in [2.05, 4.69) is 15.0 Å². The summed E-state index contributed by atoms with van der Waals surface area (Å²) in [6, 6.07) is 11.0. The van der Waals surface area contributed by atoms with E-state index in [1.807, 2.05) is 11.5 Å². The minimum atomic E-state index is -0.409. The van der Waals surface area contributed by atoms with Crippen LogP contribution in [0.5, 0.6) is 0 Å². The zero-order valence-electron chi connectivity index (χ0n) is 15.1. The van der Waals surface area contributed by atoms with E-state index >= 15 is 0 Å². The summed E-state index contributed by atoms with van der Waals surface area (Å²) in [5.74, 6) is -0.0461. The third-order valence-corrected chi connectivity index (χ3v) is 4.65. The minimum absolute atomic E-state index is 0.136. The van der Waals surface area contributed by atoms with Crippen LogP contribution in [0, 0.1) is 11.6 Å². The Morgan fingerprint density at radius 1 is 0.929 bits per heavy atom. The lowest BCUT2D eigenvalue weighted by Crippen LogP contribution is -2.08. The number of nitrogens with zero attached hydrogens (tertiary/aromatic N) is 4. The van der Waals surface area contributed by atoms with Crippen LogP contribution in [0.15, 0.2) is 67.3 Å². The standard InChI is InChI=1S/C21H17F2N5/c1-13(14-2-5-17(22)6-3-14)28-9-8-25-20(28)18-7-4-15(10-19(18)23)16-11-26-21(24)27-12-16/h2-13H,1H3,(H2,24,26,27). The number of nitrogen functional groups attached to an aromatic ring is 1. The molecular weight excluding hydrogens is 360 g/mol. The summed E-state index contributed by atoms with van der Waals surface area (Å²) in [5.41, 5.74) is 8.08. The Labute approximate surface area is 160 Å². The van der Waals surface area contributed by atoms with Crippen LogP contribution in [0.2, 0.25) is 0 Å². The van der Waals surface area contributed by atoms with Gasteiger partial charge in [0.05, 0.1) is 11.6 Å². The molecule has 0 bridgehead atoms. The molecule has 0 spiro atoms. The maximum atomic E-state index is 14.9. The fourth-order valence-electron chi connectivity index (χ4n) is 3.10. The van der Waals surface area contributed by atoms with Crippen LogP contribution in [0.4, 0.5) is 14.7 Å². The van der Waals surface area contributed by atoms with E-state index in [1.54, 1.807) is 49.1 Å². The van der Waals surface area contributed by atoms with Crippen molar-refractivity contribution < 1.29 is 8.78 Å². The monoisotopic (exact) mass is 377 g/mol. The van der Waals surface area contributed by atoms with Crippen molar-refractivity contribution in [2.75, 3.05) is 5.73 Å². The van der Waals surface area contributed by atoms with Crippen molar-refractivity contribution in [2.45, 2.75) is 13.0 Å². The molecule has 0 fully saturated rings. The summed E-state index contributed by atoms with van der Waals surface area (Å²) >= 11 is 0. The van der Waals surface area contributed by atoms with Crippen molar-refractivity contribution in [3.63, 3.8) is 0 Å². The highest BCUT2D eigenvalue weighted by atomic mass is 19.1. The van der Waals surface area contributed by atoms with Gasteiger partial charge in [0.15, 0.2) is 0 Å². The first-order chi connectivity index (χ1) is 13.5. The number of benzene rings is 2. The van der Waals surface area contributed by atoms with Crippen LogP contribution in [-0.4, -0.2) is 19.5 Å². The molecule has 2 aromatic carbocycles. The van der Waals surface area contributed by atoms with Crippen molar-refractivity contribution >= 4 is 5.95 Å². The smallest absolute Gasteiger partial charge is 0.219 e. The van der Waals surface area contributed by atoms with Gasteiger partial charge < -0.3 is 10.3 Å². The van der Waals surface area contributed by atoms with E-state index in [1.165, 1.54) is 18.2 Å². The quantitative estimate of drug-likeness (QED) is 0.569. The molecule has 0 saturated carbocycles. The second-order valence-electron chi connectivity index (χ2n) is 6.41. The van der Waals surface area contributed by atoms with Gasteiger partial charge in [-0.25, -0.2) is 23.7 Å². The number of imidazole rings is 1. The van der Waals surface area contributed by atoms with Crippen molar-refractivity contribution in [3.05, 3.63) is 84.4 Å². The Hall–Kier alpha value is -3.61. The summed E-state index contributed by atoms with van der Waals surface area (Å²) in [5, 5.41) is 0. The fraction of sp³-hybridized carbons (Fsp3) is 0.0952. The molecule has 0 radical (unpaired) electrons. The van der Waals surface area contributed by atoms with Crippen molar-refractivity contribution in [3.8, 4) is 22.5 Å². The van der Waals surface area contributed by atoms with Gasteiger partial charge in [0.25, 0.3) is 0 Å². The van der Waals surface area contributed by atoms with E-state index in [4.69, 9.17) is 5.73 Å². The highest BCUT2D eigenvalue weighted by Gasteiger charge is 2.17. The first-order valence-electron chi connectivity index (χ1n) is 8.69. The Kier molecular flexibility index (Phi) is 4.57. The molecular formula is C21H17F2N5. The molecule has 5 nitrogen and oxygen atoms in total. The molecule has 28 heavy (non-hydrogen) atoms. The molecule has 2 aromatic heterocycles. The van der Waals surface area contributed by atoms with Crippen LogP contribution in [-0.2, 0) is 0 Å². The molecule has 1 unspecified atom stereocenters. The molecule has 7 heteroatoms. The number of nitrogens with two attached hydrogens (primary N) is 1. The molecule has 140 valence electrons. The number of hydrogen-bond donors (Lipinski definition) is 1. The molecule has 0 aliphatic rings. The van der Waals surface area contributed by atoms with Gasteiger partial charge in [0, 0.05) is 30.4 Å². The summed E-state index contributed by atoms with van der Waals surface area (Å²) < 4.78 is 30.0. The second kappa shape index (κ2) is 7.19. The average Bonchev–Trinajstić information content (AvgIpc) is 3.18. The number of anilines is 1. The van der Waals surface area contributed by atoms with Crippen LogP contribution in [0.3, 0.4) is 0 Å². The van der Waals surface area contributed by atoms with Gasteiger partial charge in [-0.15, -0.1) is 0 Å². The normalized spacial score (nSPS) is 12.1. The Morgan fingerprint density at radius 3 is 2.32 bits per heavy atom. The van der Waals surface area contributed by atoms with Crippen molar-refractivity contribution in [1.29, 1.82) is 0 Å². The van der Waals surface area contributed by atoms with Crippen LogP contribution >= 0.6 is 0 Å². The molecule has 0 saturated heterocycles. The van der Waals surface area contributed by atoms with E-state index in [-0.39, 0.29) is 17.8 Å². The summed E-state index contributed by atoms with van der Waals surface area (Å²) in [4.78, 5) is 12.2. The maximum Gasteiger partial charge on any atom is 0.219 e. The SMILES string of the molecule is CC(c1ccc(F)cc1)n1ccnc1-c1ccc(-c2cnc(N)nc2)cc1F. The predicted molar refractivity (Wildman–Crippen MR) is 103 cm³/mol. The van der Waals surface area contributed by atoms with Gasteiger partial charge >= 0.3 is 0 Å². The molecule has 0 amide bonds. The maximum absolute atomic E-state index is 14.9. The first-order valence-corrected chi connectivity index (χ1v) is 8.69. The Balaban J connectivity index is 1.70. The lowest BCUT2D eigenvalue weighted by Gasteiger charge is -2.17. The molecule has 0 aliphatic heterocycles. The number of hydrogen-bond acceptors (Lipinski definition) is 4. The minimum Gasteiger partial charge on any atom is -0.368 e. The first kappa shape index (κ1) is 17.8. The third kappa shape index (κ3) is 3.34. The van der Waals surface area contributed by atoms with Crippen molar-refractivity contribution in [2.24, 2.45) is 0 Å². The molecule has 4 rings (SSSR count). The molecule has 2 N–H and O–H groups in total. The largest absolute Gasteiger partial charge is 0.368 e. The highest BCUT2D eigenvalue weighted by Crippen LogP contribution is 2.30. The van der Waals surface area contributed by atoms with E-state index in [0.717, 1.165) is 5.56 Å². The molecule has 4 aromatic rings. The number of rotatable bonds is 4. The summed E-state index contributed by atoms with van der Waals surface area (Å²) in [6.45, 7) is 1.95. The zero-order valence-corrected chi connectivity index (χ0v) is 15.1. The van der Waals surface area contributed by atoms with Gasteiger partial charge in [-0.3, -0.25) is 0 Å². The van der Waals surface area contributed by atoms with Gasteiger partial charge in [-0.1, -0.05) is 18.2 Å². The predicted octanol–water partition coefficient (Wildman–Crippen LogP) is 4.48. The van der Waals surface area contributed by atoms with Gasteiger partial charge in [-0.05, 0) is 42.3 Å². The summed E-state index contributed by atoms with van der Waals surface area (Å²) in [6.07, 6.45) is 6.50. The summed E-state index contributed by atoms with van der Waals surface area (Å²) in [7, 11) is 0. The molecule has 1 atom stereocenters. The van der Waals surface area contributed by atoms with Crippen molar-refractivity contribution in [1.82, 2.24) is 19.5 Å².